The molecule has 1 heterocycles. The molecule has 0 saturated carbocycles. The van der Waals surface area contributed by atoms with Crippen molar-refractivity contribution in [3.05, 3.63) is 29.6 Å². The minimum Gasteiger partial charge on any atom is -0.494 e. The lowest BCUT2D eigenvalue weighted by molar-refractivity contribution is -0.127. The summed E-state index contributed by atoms with van der Waals surface area (Å²) in [6, 6.07) is 4.66. The summed E-state index contributed by atoms with van der Waals surface area (Å²) in [6.45, 7) is 1.55. The predicted octanol–water partition coefficient (Wildman–Crippen LogP) is 2.49. The van der Waals surface area contributed by atoms with Gasteiger partial charge in [0.1, 0.15) is 0 Å². The Morgan fingerprint density at radius 1 is 1.38 bits per heavy atom. The van der Waals surface area contributed by atoms with Gasteiger partial charge in [0.25, 0.3) is 0 Å². The lowest BCUT2D eigenvalue weighted by atomic mass is 10.2. The summed E-state index contributed by atoms with van der Waals surface area (Å²) in [7, 11) is 4.73. The van der Waals surface area contributed by atoms with E-state index in [0.717, 1.165) is 0 Å². The van der Waals surface area contributed by atoms with Gasteiger partial charge in [0.05, 0.1) is 19.5 Å². The fraction of sp³-hybridized carbons (Fsp3) is 0.438. The first-order valence-electron chi connectivity index (χ1n) is 7.79. The molecule has 10 heteroatoms. The minimum absolute atomic E-state index is 0.0738. The second kappa shape index (κ2) is 10.3. The third-order valence-corrected chi connectivity index (χ3v) is 5.37. The number of methoxy groups -OCH3 is 2. The molecule has 1 N–H and O–H groups in total. The SMILES string of the molecule is COCCNc1nnc(SCC(=O)N(C)Cc2ccc(OC)c(F)c2)s1. The van der Waals surface area contributed by atoms with Crippen LogP contribution < -0.4 is 10.1 Å². The molecule has 2 aromatic rings. The highest BCUT2D eigenvalue weighted by atomic mass is 32.2. The number of amides is 1. The van der Waals surface area contributed by atoms with Crippen LogP contribution in [0.25, 0.3) is 0 Å². The summed E-state index contributed by atoms with van der Waals surface area (Å²) in [5.41, 5.74) is 0.699. The number of anilines is 1. The Bertz CT molecular complexity index is 729. The Balaban J connectivity index is 1.81. The first-order chi connectivity index (χ1) is 12.5. The Kier molecular flexibility index (Phi) is 8.07. The smallest absolute Gasteiger partial charge is 0.233 e. The Morgan fingerprint density at radius 2 is 2.19 bits per heavy atom. The Hall–Kier alpha value is -1.91. The second-order valence-corrected chi connectivity index (χ2v) is 7.50. The number of hydrogen-bond donors (Lipinski definition) is 1. The molecule has 1 amide bonds. The standard InChI is InChI=1S/C16H21FN4O3S2/c1-21(9-11-4-5-13(24-3)12(17)8-11)14(22)10-25-16-20-19-15(26-16)18-6-7-23-2/h4-5,8H,6-7,9-10H2,1-3H3,(H,18,19). The minimum atomic E-state index is -0.442. The van der Waals surface area contributed by atoms with Crippen LogP contribution in [0.4, 0.5) is 9.52 Å². The third-order valence-electron chi connectivity index (χ3n) is 3.37. The predicted molar refractivity (Wildman–Crippen MR) is 100 cm³/mol. The van der Waals surface area contributed by atoms with Crippen LogP contribution in [-0.2, 0) is 16.1 Å². The molecule has 0 saturated heterocycles. The average molecular weight is 401 g/mol. The van der Waals surface area contributed by atoms with Crippen molar-refractivity contribution < 1.29 is 18.7 Å². The number of thioether (sulfide) groups is 1. The van der Waals surface area contributed by atoms with Crippen LogP contribution in [0.3, 0.4) is 0 Å². The van der Waals surface area contributed by atoms with Crippen LogP contribution >= 0.6 is 23.1 Å². The lowest BCUT2D eigenvalue weighted by Gasteiger charge is -2.17. The topological polar surface area (TPSA) is 76.6 Å². The molecule has 26 heavy (non-hydrogen) atoms. The highest BCUT2D eigenvalue weighted by Crippen LogP contribution is 2.25. The van der Waals surface area contributed by atoms with Crippen molar-refractivity contribution in [3.8, 4) is 5.75 Å². The number of nitrogens with zero attached hydrogens (tertiary/aromatic N) is 3. The molecule has 0 bridgehead atoms. The van der Waals surface area contributed by atoms with E-state index in [9.17, 15) is 9.18 Å². The molecule has 0 unspecified atom stereocenters. The monoisotopic (exact) mass is 400 g/mol. The van der Waals surface area contributed by atoms with Gasteiger partial charge in [0.2, 0.25) is 11.0 Å². The molecule has 7 nitrogen and oxygen atoms in total. The number of carbonyl (C=O) groups excluding carboxylic acids is 1. The molecule has 1 aromatic heterocycles. The lowest BCUT2D eigenvalue weighted by Crippen LogP contribution is -2.27. The van der Waals surface area contributed by atoms with E-state index in [0.29, 0.717) is 34.7 Å². The van der Waals surface area contributed by atoms with Gasteiger partial charge in [0.15, 0.2) is 15.9 Å². The van der Waals surface area contributed by atoms with Gasteiger partial charge >= 0.3 is 0 Å². The van der Waals surface area contributed by atoms with E-state index in [4.69, 9.17) is 9.47 Å². The summed E-state index contributed by atoms with van der Waals surface area (Å²) < 4.78 is 24.3. The summed E-state index contributed by atoms with van der Waals surface area (Å²) in [6.07, 6.45) is 0. The van der Waals surface area contributed by atoms with Crippen LogP contribution in [-0.4, -0.2) is 61.2 Å². The third kappa shape index (κ3) is 6.11. The van der Waals surface area contributed by atoms with Crippen molar-refractivity contribution in [3.63, 3.8) is 0 Å². The van der Waals surface area contributed by atoms with Gasteiger partial charge in [0, 0.05) is 27.2 Å². The Labute approximate surface area is 159 Å². The number of nitrogens with one attached hydrogen (secondary N) is 1. The van der Waals surface area contributed by atoms with Gasteiger partial charge in [-0.15, -0.1) is 10.2 Å². The van der Waals surface area contributed by atoms with E-state index >= 15 is 0 Å². The van der Waals surface area contributed by atoms with Crippen LogP contribution in [0.2, 0.25) is 0 Å². The van der Waals surface area contributed by atoms with Crippen molar-refractivity contribution in [2.24, 2.45) is 0 Å². The number of aromatic nitrogens is 2. The van der Waals surface area contributed by atoms with Crippen LogP contribution in [0.1, 0.15) is 5.56 Å². The zero-order chi connectivity index (χ0) is 18.9. The van der Waals surface area contributed by atoms with Crippen molar-refractivity contribution in [1.82, 2.24) is 15.1 Å². The van der Waals surface area contributed by atoms with Crippen molar-refractivity contribution in [2.75, 3.05) is 45.5 Å². The van der Waals surface area contributed by atoms with E-state index in [1.54, 1.807) is 31.2 Å². The van der Waals surface area contributed by atoms with Crippen molar-refractivity contribution >= 4 is 34.1 Å². The Morgan fingerprint density at radius 3 is 2.88 bits per heavy atom. The van der Waals surface area contributed by atoms with E-state index in [1.807, 2.05) is 0 Å². The van der Waals surface area contributed by atoms with Crippen LogP contribution in [0.5, 0.6) is 5.75 Å². The molecule has 0 aliphatic carbocycles. The number of carbonyl (C=O) groups is 1. The van der Waals surface area contributed by atoms with Crippen molar-refractivity contribution in [1.29, 1.82) is 0 Å². The summed E-state index contributed by atoms with van der Waals surface area (Å²) in [5, 5.41) is 11.8. The quantitative estimate of drug-likeness (QED) is 0.485. The molecule has 0 spiro atoms. The first-order valence-corrected chi connectivity index (χ1v) is 9.59. The van der Waals surface area contributed by atoms with Crippen LogP contribution in [0, 0.1) is 5.82 Å². The molecular weight excluding hydrogens is 379 g/mol. The van der Waals surface area contributed by atoms with E-state index in [1.165, 1.54) is 36.3 Å². The molecule has 0 fully saturated rings. The van der Waals surface area contributed by atoms with Gasteiger partial charge in [-0.1, -0.05) is 29.2 Å². The molecule has 2 rings (SSSR count). The fourth-order valence-corrected chi connectivity index (χ4v) is 3.72. The van der Waals surface area contributed by atoms with E-state index in [2.05, 4.69) is 15.5 Å². The molecule has 0 atom stereocenters. The summed E-state index contributed by atoms with van der Waals surface area (Å²) in [5.74, 6) is -0.0932. The first kappa shape index (κ1) is 20.4. The number of rotatable bonds is 10. The molecule has 1 aromatic carbocycles. The maximum Gasteiger partial charge on any atom is 0.233 e. The average Bonchev–Trinajstić information content (AvgIpc) is 3.08. The molecule has 0 aliphatic heterocycles. The molecule has 142 valence electrons. The second-order valence-electron chi connectivity index (χ2n) is 5.30. The van der Waals surface area contributed by atoms with Gasteiger partial charge in [-0.05, 0) is 17.7 Å². The maximum atomic E-state index is 13.7. The normalized spacial score (nSPS) is 10.6. The van der Waals surface area contributed by atoms with Gasteiger partial charge in [-0.25, -0.2) is 4.39 Å². The summed E-state index contributed by atoms with van der Waals surface area (Å²) in [4.78, 5) is 13.8. The zero-order valence-electron chi connectivity index (χ0n) is 14.8. The van der Waals surface area contributed by atoms with Gasteiger partial charge in [-0.3, -0.25) is 4.79 Å². The number of benzene rings is 1. The number of ether oxygens (including phenoxy) is 2. The largest absolute Gasteiger partial charge is 0.494 e. The van der Waals surface area contributed by atoms with Crippen LogP contribution in [0.15, 0.2) is 22.5 Å². The fourth-order valence-electron chi connectivity index (χ4n) is 2.00. The van der Waals surface area contributed by atoms with Crippen molar-refractivity contribution in [2.45, 2.75) is 10.9 Å². The highest BCUT2D eigenvalue weighted by Gasteiger charge is 2.13. The summed E-state index contributed by atoms with van der Waals surface area (Å²) >= 11 is 2.71. The van der Waals surface area contributed by atoms with E-state index in [-0.39, 0.29) is 17.4 Å². The van der Waals surface area contributed by atoms with Gasteiger partial charge < -0.3 is 19.7 Å². The number of hydrogen-bond acceptors (Lipinski definition) is 8. The molecule has 0 radical (unpaired) electrons. The molecular formula is C16H21FN4O3S2. The number of halogens is 1. The highest BCUT2D eigenvalue weighted by molar-refractivity contribution is 8.01. The zero-order valence-corrected chi connectivity index (χ0v) is 16.5. The van der Waals surface area contributed by atoms with E-state index < -0.39 is 5.82 Å². The molecule has 0 aliphatic rings. The van der Waals surface area contributed by atoms with Gasteiger partial charge in [-0.2, -0.15) is 0 Å². The maximum absolute atomic E-state index is 13.7.